The highest BCUT2D eigenvalue weighted by molar-refractivity contribution is 5.83. The van der Waals surface area contributed by atoms with Gasteiger partial charge in [-0.1, -0.05) is 32.6 Å². The van der Waals surface area contributed by atoms with Crippen molar-refractivity contribution in [2.24, 2.45) is 16.8 Å². The number of hydrazone groups is 1. The minimum atomic E-state index is 0.457. The summed E-state index contributed by atoms with van der Waals surface area (Å²) in [5.41, 5.74) is 5.82. The molecule has 1 unspecified atom stereocenters. The van der Waals surface area contributed by atoms with E-state index in [2.05, 4.69) is 17.0 Å². The molecule has 0 spiro atoms. The van der Waals surface area contributed by atoms with Crippen LogP contribution in [-0.2, 0) is 0 Å². The number of rotatable bonds is 1. The maximum Gasteiger partial charge on any atom is 0.124 e. The molecule has 2 N–H and O–H groups in total. The van der Waals surface area contributed by atoms with E-state index >= 15 is 0 Å². The summed E-state index contributed by atoms with van der Waals surface area (Å²) in [7, 11) is 0. The Morgan fingerprint density at radius 3 is 2.36 bits per heavy atom. The first-order chi connectivity index (χ1) is 6.77. The fourth-order valence-corrected chi connectivity index (χ4v) is 2.45. The van der Waals surface area contributed by atoms with Gasteiger partial charge in [0, 0.05) is 18.5 Å². The van der Waals surface area contributed by atoms with Crippen LogP contribution in [0.2, 0.25) is 0 Å². The largest absolute Gasteiger partial charge is 0.385 e. The molecule has 0 radical (unpaired) electrons. The maximum atomic E-state index is 5.82. The first kappa shape index (κ1) is 9.81. The van der Waals surface area contributed by atoms with Gasteiger partial charge in [0.15, 0.2) is 0 Å². The molecule has 2 rings (SSSR count). The van der Waals surface area contributed by atoms with Crippen LogP contribution >= 0.6 is 0 Å². The Kier molecular flexibility index (Phi) is 2.94. The molecule has 0 aromatic heterocycles. The zero-order valence-electron chi connectivity index (χ0n) is 9.08. The summed E-state index contributed by atoms with van der Waals surface area (Å²) >= 11 is 0. The number of amidine groups is 1. The Hall–Kier alpha value is -0.730. The molecule has 2 aliphatic rings. The molecule has 14 heavy (non-hydrogen) atoms. The molecule has 1 saturated carbocycles. The second-order valence-corrected chi connectivity index (χ2v) is 4.69. The van der Waals surface area contributed by atoms with Crippen LogP contribution in [0.25, 0.3) is 0 Å². The SMILES string of the molecule is CC1CN(C2CCCCCC2)N=C1N. The number of hydrogen-bond donors (Lipinski definition) is 1. The molecule has 1 aliphatic carbocycles. The summed E-state index contributed by atoms with van der Waals surface area (Å²) in [5, 5.41) is 6.70. The van der Waals surface area contributed by atoms with Gasteiger partial charge in [-0.05, 0) is 12.8 Å². The Morgan fingerprint density at radius 1 is 1.21 bits per heavy atom. The molecule has 1 fully saturated rings. The lowest BCUT2D eigenvalue weighted by Gasteiger charge is -2.25. The topological polar surface area (TPSA) is 41.6 Å². The van der Waals surface area contributed by atoms with Crippen LogP contribution in [0.1, 0.15) is 45.4 Å². The summed E-state index contributed by atoms with van der Waals surface area (Å²) in [6, 6.07) is 0.668. The average molecular weight is 195 g/mol. The predicted molar refractivity (Wildman–Crippen MR) is 59.0 cm³/mol. The van der Waals surface area contributed by atoms with E-state index in [0.29, 0.717) is 12.0 Å². The molecular weight excluding hydrogens is 174 g/mol. The van der Waals surface area contributed by atoms with E-state index in [4.69, 9.17) is 5.73 Å². The van der Waals surface area contributed by atoms with E-state index in [1.54, 1.807) is 0 Å². The van der Waals surface area contributed by atoms with Crippen molar-refractivity contribution in [3.05, 3.63) is 0 Å². The van der Waals surface area contributed by atoms with Crippen LogP contribution in [0.5, 0.6) is 0 Å². The van der Waals surface area contributed by atoms with Crippen LogP contribution in [0, 0.1) is 5.92 Å². The molecule has 3 nitrogen and oxygen atoms in total. The van der Waals surface area contributed by atoms with Crippen molar-refractivity contribution in [2.45, 2.75) is 51.5 Å². The fourth-order valence-electron chi connectivity index (χ4n) is 2.45. The standard InChI is InChI=1S/C11H21N3/c1-9-8-14(13-11(9)12)10-6-4-2-3-5-7-10/h9-10H,2-8H2,1H3,(H2,12,13). The van der Waals surface area contributed by atoms with E-state index in [0.717, 1.165) is 12.4 Å². The molecule has 0 saturated heterocycles. The number of nitrogens with zero attached hydrogens (tertiary/aromatic N) is 2. The van der Waals surface area contributed by atoms with Gasteiger partial charge < -0.3 is 5.73 Å². The first-order valence-corrected chi connectivity index (χ1v) is 5.88. The van der Waals surface area contributed by atoms with Crippen LogP contribution in [0.4, 0.5) is 0 Å². The Balaban J connectivity index is 1.94. The quantitative estimate of drug-likeness (QED) is 0.650. The Morgan fingerprint density at radius 2 is 1.86 bits per heavy atom. The molecule has 1 heterocycles. The number of hydrogen-bond acceptors (Lipinski definition) is 3. The summed E-state index contributed by atoms with van der Waals surface area (Å²) < 4.78 is 0. The highest BCUT2D eigenvalue weighted by atomic mass is 15.5. The zero-order chi connectivity index (χ0) is 9.97. The smallest absolute Gasteiger partial charge is 0.124 e. The summed E-state index contributed by atoms with van der Waals surface area (Å²) in [4.78, 5) is 0. The molecule has 0 aromatic rings. The van der Waals surface area contributed by atoms with Gasteiger partial charge >= 0.3 is 0 Å². The van der Waals surface area contributed by atoms with E-state index in [9.17, 15) is 0 Å². The molecule has 0 aromatic carbocycles. The lowest BCUT2D eigenvalue weighted by molar-refractivity contribution is 0.195. The third kappa shape index (κ3) is 2.02. The summed E-state index contributed by atoms with van der Waals surface area (Å²) in [6.45, 7) is 3.20. The van der Waals surface area contributed by atoms with Crippen LogP contribution in [0.3, 0.4) is 0 Å². The van der Waals surface area contributed by atoms with Crippen LogP contribution in [-0.4, -0.2) is 23.4 Å². The molecule has 0 amide bonds. The summed E-state index contributed by atoms with van der Waals surface area (Å²) in [5.74, 6) is 1.28. The lowest BCUT2D eigenvalue weighted by Crippen LogP contribution is -2.30. The minimum absolute atomic E-state index is 0.457. The Bertz CT molecular complexity index is 217. The van der Waals surface area contributed by atoms with Gasteiger partial charge in [0.1, 0.15) is 5.84 Å². The van der Waals surface area contributed by atoms with Gasteiger partial charge in [-0.15, -0.1) is 0 Å². The third-order valence-corrected chi connectivity index (χ3v) is 3.46. The van der Waals surface area contributed by atoms with Gasteiger partial charge in [0.25, 0.3) is 0 Å². The second kappa shape index (κ2) is 4.20. The van der Waals surface area contributed by atoms with Gasteiger partial charge in [-0.2, -0.15) is 5.10 Å². The normalized spacial score (nSPS) is 30.2. The van der Waals surface area contributed by atoms with Crippen molar-refractivity contribution in [3.8, 4) is 0 Å². The monoisotopic (exact) mass is 195 g/mol. The van der Waals surface area contributed by atoms with Crippen LogP contribution < -0.4 is 5.73 Å². The second-order valence-electron chi connectivity index (χ2n) is 4.69. The summed E-state index contributed by atoms with van der Waals surface area (Å²) in [6.07, 6.45) is 8.15. The fraction of sp³-hybridized carbons (Fsp3) is 0.909. The van der Waals surface area contributed by atoms with E-state index in [-0.39, 0.29) is 0 Å². The molecule has 1 aliphatic heterocycles. The van der Waals surface area contributed by atoms with Crippen LogP contribution in [0.15, 0.2) is 5.10 Å². The lowest BCUT2D eigenvalue weighted by atomic mass is 10.1. The van der Waals surface area contributed by atoms with Gasteiger partial charge in [-0.3, -0.25) is 5.01 Å². The molecule has 1 atom stereocenters. The average Bonchev–Trinajstić information content (AvgIpc) is 2.46. The Labute approximate surface area is 86.3 Å². The highest BCUT2D eigenvalue weighted by Crippen LogP contribution is 2.25. The van der Waals surface area contributed by atoms with E-state index in [1.807, 2.05) is 0 Å². The van der Waals surface area contributed by atoms with Crippen molar-refractivity contribution < 1.29 is 0 Å². The van der Waals surface area contributed by atoms with Gasteiger partial charge in [-0.25, -0.2) is 0 Å². The highest BCUT2D eigenvalue weighted by Gasteiger charge is 2.26. The predicted octanol–water partition coefficient (Wildman–Crippen LogP) is 1.93. The van der Waals surface area contributed by atoms with Crippen molar-refractivity contribution in [1.82, 2.24) is 5.01 Å². The van der Waals surface area contributed by atoms with Crippen molar-refractivity contribution in [3.63, 3.8) is 0 Å². The number of nitrogens with two attached hydrogens (primary N) is 1. The van der Waals surface area contributed by atoms with Crippen molar-refractivity contribution in [1.29, 1.82) is 0 Å². The minimum Gasteiger partial charge on any atom is -0.385 e. The van der Waals surface area contributed by atoms with Crippen molar-refractivity contribution >= 4 is 5.84 Å². The molecule has 0 bridgehead atoms. The van der Waals surface area contributed by atoms with E-state index in [1.165, 1.54) is 38.5 Å². The van der Waals surface area contributed by atoms with Crippen molar-refractivity contribution in [2.75, 3.05) is 6.54 Å². The van der Waals surface area contributed by atoms with E-state index < -0.39 is 0 Å². The van der Waals surface area contributed by atoms with Gasteiger partial charge in [0.05, 0.1) is 0 Å². The maximum absolute atomic E-state index is 5.82. The molecule has 3 heteroatoms. The van der Waals surface area contributed by atoms with Gasteiger partial charge in [0.2, 0.25) is 0 Å². The third-order valence-electron chi connectivity index (χ3n) is 3.46. The molecular formula is C11H21N3. The zero-order valence-corrected chi connectivity index (χ0v) is 9.08. The first-order valence-electron chi connectivity index (χ1n) is 5.88. The molecule has 80 valence electrons.